The van der Waals surface area contributed by atoms with E-state index in [4.69, 9.17) is 22.2 Å². The molecule has 76 valence electrons. The molecule has 2 N–H and O–H groups in total. The van der Waals surface area contributed by atoms with Crippen LogP contribution < -0.4 is 10.8 Å². The van der Waals surface area contributed by atoms with Gasteiger partial charge in [0.05, 0.1) is 18.0 Å². The first-order chi connectivity index (χ1) is 6.68. The molecule has 1 fully saturated rings. The molecule has 6 heteroatoms. The van der Waals surface area contributed by atoms with Crippen LogP contribution in [0.5, 0.6) is 0 Å². The Labute approximate surface area is 86.8 Å². The van der Waals surface area contributed by atoms with Crippen molar-refractivity contribution in [3.63, 3.8) is 0 Å². The summed E-state index contributed by atoms with van der Waals surface area (Å²) in [6.45, 7) is 3.28. The van der Waals surface area contributed by atoms with E-state index < -0.39 is 0 Å². The van der Waals surface area contributed by atoms with Gasteiger partial charge in [-0.25, -0.2) is 10.0 Å². The summed E-state index contributed by atoms with van der Waals surface area (Å²) in [7, 11) is 0. The minimum absolute atomic E-state index is 0.196. The molecule has 0 aromatic carbocycles. The Morgan fingerprint density at radius 2 is 2.29 bits per heavy atom. The van der Waals surface area contributed by atoms with Crippen LogP contribution in [0.15, 0.2) is 0 Å². The highest BCUT2D eigenvalue weighted by molar-refractivity contribution is 6.28. The van der Waals surface area contributed by atoms with Gasteiger partial charge in [-0.1, -0.05) is 0 Å². The second kappa shape index (κ2) is 3.59. The lowest BCUT2D eigenvalue weighted by molar-refractivity contribution is 0.166. The molecule has 1 aliphatic rings. The summed E-state index contributed by atoms with van der Waals surface area (Å²) in [5, 5.41) is 1.86. The van der Waals surface area contributed by atoms with Gasteiger partial charge < -0.3 is 5.73 Å². The Morgan fingerprint density at radius 1 is 1.50 bits per heavy atom. The topological polar surface area (TPSA) is 64.3 Å². The summed E-state index contributed by atoms with van der Waals surface area (Å²) in [6.07, 6.45) is 0.972. The van der Waals surface area contributed by atoms with Gasteiger partial charge in [-0.3, -0.25) is 4.84 Å². The Balaban J connectivity index is 2.40. The predicted molar refractivity (Wildman–Crippen MR) is 54.1 cm³/mol. The molecule has 14 heavy (non-hydrogen) atoms. The van der Waals surface area contributed by atoms with Gasteiger partial charge in [-0.05, 0) is 24.9 Å². The molecule has 2 rings (SSSR count). The van der Waals surface area contributed by atoms with Gasteiger partial charge in [0.15, 0.2) is 5.82 Å². The molecule has 0 atom stereocenters. The third kappa shape index (κ3) is 1.60. The fraction of sp³-hybridized carbons (Fsp3) is 0.500. The Kier molecular flexibility index (Phi) is 2.43. The van der Waals surface area contributed by atoms with Crippen LogP contribution in [0.25, 0.3) is 0 Å². The van der Waals surface area contributed by atoms with Crippen LogP contribution in [-0.2, 0) is 4.84 Å². The van der Waals surface area contributed by atoms with Crippen molar-refractivity contribution < 1.29 is 4.84 Å². The number of hydrogen-bond acceptors (Lipinski definition) is 5. The molecule has 0 spiro atoms. The van der Waals surface area contributed by atoms with Crippen LogP contribution >= 0.6 is 11.6 Å². The summed E-state index contributed by atoms with van der Waals surface area (Å²) >= 11 is 5.74. The number of nitrogens with two attached hydrogens (primary N) is 1. The first-order valence-corrected chi connectivity index (χ1v) is 4.76. The summed E-state index contributed by atoms with van der Waals surface area (Å²) in [6, 6.07) is 0. The monoisotopic (exact) mass is 214 g/mol. The molecule has 5 nitrogen and oxygen atoms in total. The van der Waals surface area contributed by atoms with E-state index in [0.29, 0.717) is 23.8 Å². The second-order valence-electron chi connectivity index (χ2n) is 3.10. The molecule has 1 aromatic rings. The van der Waals surface area contributed by atoms with Crippen LogP contribution in [0.3, 0.4) is 0 Å². The van der Waals surface area contributed by atoms with E-state index in [1.54, 1.807) is 12.0 Å². The Hall–Kier alpha value is -1.07. The van der Waals surface area contributed by atoms with Crippen molar-refractivity contribution in [1.29, 1.82) is 0 Å². The minimum atomic E-state index is 0.196. The first kappa shape index (κ1) is 9.48. The summed E-state index contributed by atoms with van der Waals surface area (Å²) in [5.41, 5.74) is 7.03. The number of aryl methyl sites for hydroxylation is 1. The van der Waals surface area contributed by atoms with Crippen molar-refractivity contribution in [3.8, 4) is 0 Å². The summed E-state index contributed by atoms with van der Waals surface area (Å²) in [5.74, 6) is 0.569. The number of anilines is 2. The molecule has 1 aliphatic heterocycles. The molecule has 0 bridgehead atoms. The largest absolute Gasteiger partial charge is 0.394 e. The zero-order chi connectivity index (χ0) is 10.1. The van der Waals surface area contributed by atoms with Gasteiger partial charge in [0.25, 0.3) is 0 Å². The number of hydrogen-bond donors (Lipinski definition) is 1. The maximum absolute atomic E-state index is 5.83. The smallest absolute Gasteiger partial charge is 0.224 e. The van der Waals surface area contributed by atoms with E-state index in [-0.39, 0.29) is 5.28 Å². The lowest BCUT2D eigenvalue weighted by Gasteiger charge is -2.17. The van der Waals surface area contributed by atoms with Crippen molar-refractivity contribution in [2.75, 3.05) is 23.9 Å². The molecule has 0 saturated carbocycles. The van der Waals surface area contributed by atoms with E-state index in [2.05, 4.69) is 9.97 Å². The highest BCUT2D eigenvalue weighted by Crippen LogP contribution is 2.26. The second-order valence-corrected chi connectivity index (χ2v) is 3.44. The van der Waals surface area contributed by atoms with Gasteiger partial charge >= 0.3 is 0 Å². The molecule has 1 saturated heterocycles. The van der Waals surface area contributed by atoms with Crippen LogP contribution in [0.4, 0.5) is 11.5 Å². The SMILES string of the molecule is Cc1nc(Cl)nc(N2CCCO2)c1N. The number of nitrogen functional groups attached to an aromatic ring is 1. The zero-order valence-electron chi connectivity index (χ0n) is 7.83. The molecule has 1 aromatic heterocycles. The fourth-order valence-electron chi connectivity index (χ4n) is 1.34. The van der Waals surface area contributed by atoms with Gasteiger partial charge in [0, 0.05) is 6.54 Å². The number of halogens is 1. The first-order valence-electron chi connectivity index (χ1n) is 4.38. The number of hydroxylamine groups is 1. The number of rotatable bonds is 1. The number of aromatic nitrogens is 2. The highest BCUT2D eigenvalue weighted by atomic mass is 35.5. The average Bonchev–Trinajstić information content (AvgIpc) is 2.63. The lowest BCUT2D eigenvalue weighted by Crippen LogP contribution is -2.20. The van der Waals surface area contributed by atoms with Crippen molar-refractivity contribution in [3.05, 3.63) is 11.0 Å². The van der Waals surface area contributed by atoms with Gasteiger partial charge in [-0.2, -0.15) is 4.98 Å². The number of nitrogens with zero attached hydrogens (tertiary/aromatic N) is 3. The van der Waals surface area contributed by atoms with Gasteiger partial charge in [0.1, 0.15) is 0 Å². The maximum Gasteiger partial charge on any atom is 0.224 e. The van der Waals surface area contributed by atoms with Crippen LogP contribution in [0.1, 0.15) is 12.1 Å². The highest BCUT2D eigenvalue weighted by Gasteiger charge is 2.19. The maximum atomic E-state index is 5.83. The molecule has 0 unspecified atom stereocenters. The molecule has 0 radical (unpaired) electrons. The van der Waals surface area contributed by atoms with Crippen molar-refractivity contribution >= 4 is 23.1 Å². The van der Waals surface area contributed by atoms with E-state index in [0.717, 1.165) is 13.0 Å². The molecular weight excluding hydrogens is 204 g/mol. The zero-order valence-corrected chi connectivity index (χ0v) is 8.58. The van der Waals surface area contributed by atoms with E-state index in [9.17, 15) is 0 Å². The minimum Gasteiger partial charge on any atom is -0.394 e. The predicted octanol–water partition coefficient (Wildman–Crippen LogP) is 1.16. The standard InChI is InChI=1S/C8H11ClN4O/c1-5-6(10)7(12-8(9)11-5)13-3-2-4-14-13/h2-4,10H2,1H3. The summed E-state index contributed by atoms with van der Waals surface area (Å²) in [4.78, 5) is 13.3. The van der Waals surface area contributed by atoms with Crippen LogP contribution in [0, 0.1) is 6.92 Å². The molecular formula is C8H11ClN4O. The Bertz CT molecular complexity index is 351. The average molecular weight is 215 g/mol. The van der Waals surface area contributed by atoms with E-state index in [1.165, 1.54) is 0 Å². The normalized spacial score (nSPS) is 16.3. The van der Waals surface area contributed by atoms with Crippen LogP contribution in [-0.4, -0.2) is 23.1 Å². The molecule has 2 heterocycles. The third-order valence-corrected chi connectivity index (χ3v) is 2.25. The van der Waals surface area contributed by atoms with Crippen molar-refractivity contribution in [1.82, 2.24) is 9.97 Å². The summed E-state index contributed by atoms with van der Waals surface area (Å²) < 4.78 is 0. The lowest BCUT2D eigenvalue weighted by atomic mass is 10.3. The Morgan fingerprint density at radius 3 is 2.93 bits per heavy atom. The van der Waals surface area contributed by atoms with Crippen molar-refractivity contribution in [2.24, 2.45) is 0 Å². The van der Waals surface area contributed by atoms with E-state index >= 15 is 0 Å². The van der Waals surface area contributed by atoms with E-state index in [1.807, 2.05) is 0 Å². The van der Waals surface area contributed by atoms with Gasteiger partial charge in [-0.15, -0.1) is 0 Å². The quantitative estimate of drug-likeness (QED) is 0.711. The van der Waals surface area contributed by atoms with Crippen LogP contribution in [0.2, 0.25) is 5.28 Å². The molecule has 0 amide bonds. The van der Waals surface area contributed by atoms with Gasteiger partial charge in [0.2, 0.25) is 5.28 Å². The van der Waals surface area contributed by atoms with Crippen molar-refractivity contribution in [2.45, 2.75) is 13.3 Å². The molecule has 0 aliphatic carbocycles. The fourth-order valence-corrected chi connectivity index (χ4v) is 1.54. The third-order valence-electron chi connectivity index (χ3n) is 2.08.